The van der Waals surface area contributed by atoms with Crippen molar-refractivity contribution in [2.75, 3.05) is 26.2 Å². The summed E-state index contributed by atoms with van der Waals surface area (Å²) in [5.74, 6) is -0.247. The topological polar surface area (TPSA) is 49.9 Å². The summed E-state index contributed by atoms with van der Waals surface area (Å²) in [7, 11) is 0. The number of hydrogen-bond acceptors (Lipinski definition) is 4. The minimum Gasteiger partial charge on any atom is -0.368 e. The highest BCUT2D eigenvalue weighted by Gasteiger charge is 2.21. The fourth-order valence-electron chi connectivity index (χ4n) is 2.34. The third-order valence-corrected chi connectivity index (χ3v) is 3.54. The normalized spacial score (nSPS) is 16.4. The molecular weight excluding hydrogens is 268 g/mol. The Bertz CT molecular complexity index is 347. The van der Waals surface area contributed by atoms with Gasteiger partial charge in [-0.05, 0) is 18.9 Å². The van der Waals surface area contributed by atoms with Gasteiger partial charge in [-0.15, -0.1) is 5.06 Å². The molecule has 120 valence electrons. The Balaban J connectivity index is 2.14. The van der Waals surface area contributed by atoms with Gasteiger partial charge in [-0.1, -0.05) is 38.7 Å². The molecule has 0 spiro atoms. The maximum absolute atomic E-state index is 12.0. The van der Waals surface area contributed by atoms with Gasteiger partial charge in [0.2, 0.25) is 5.91 Å². The van der Waals surface area contributed by atoms with E-state index in [4.69, 9.17) is 4.84 Å². The van der Waals surface area contributed by atoms with Crippen molar-refractivity contribution in [3.8, 4) is 0 Å². The molecule has 1 aliphatic rings. The van der Waals surface area contributed by atoms with E-state index in [1.54, 1.807) is 16.0 Å². The Morgan fingerprint density at radius 3 is 2.33 bits per heavy atom. The van der Waals surface area contributed by atoms with Gasteiger partial charge >= 0.3 is 5.97 Å². The van der Waals surface area contributed by atoms with Gasteiger partial charge in [0.05, 0.1) is 13.1 Å². The minimum atomic E-state index is -0.308. The van der Waals surface area contributed by atoms with Crippen molar-refractivity contribution in [1.82, 2.24) is 9.96 Å². The summed E-state index contributed by atoms with van der Waals surface area (Å²) < 4.78 is 0. The lowest BCUT2D eigenvalue weighted by Gasteiger charge is -2.32. The maximum Gasteiger partial charge on any atom is 0.322 e. The van der Waals surface area contributed by atoms with Gasteiger partial charge in [0, 0.05) is 20.0 Å². The third kappa shape index (κ3) is 7.85. The molecule has 1 rings (SSSR count). The molecule has 0 aromatic heterocycles. The smallest absolute Gasteiger partial charge is 0.322 e. The van der Waals surface area contributed by atoms with Gasteiger partial charge in [0.1, 0.15) is 0 Å². The Kier molecular flexibility index (Phi) is 8.74. The zero-order valence-electron chi connectivity index (χ0n) is 13.3. The molecule has 0 saturated carbocycles. The van der Waals surface area contributed by atoms with Crippen LogP contribution in [0.5, 0.6) is 0 Å². The van der Waals surface area contributed by atoms with Crippen molar-refractivity contribution in [2.24, 2.45) is 0 Å². The first-order valence-electron chi connectivity index (χ1n) is 8.02. The molecule has 0 aromatic carbocycles. The van der Waals surface area contributed by atoms with E-state index in [1.807, 2.05) is 6.08 Å². The molecule has 1 amide bonds. The molecule has 1 saturated heterocycles. The second-order valence-electron chi connectivity index (χ2n) is 5.44. The number of nitrogens with zero attached hydrogens (tertiary/aromatic N) is 2. The Labute approximate surface area is 127 Å². The van der Waals surface area contributed by atoms with Crippen molar-refractivity contribution in [1.29, 1.82) is 0 Å². The second-order valence-corrected chi connectivity index (χ2v) is 5.44. The van der Waals surface area contributed by atoms with E-state index >= 15 is 0 Å². The fraction of sp³-hybridized carbons (Fsp3) is 0.750. The molecule has 0 unspecified atom stereocenters. The average molecular weight is 296 g/mol. The first-order valence-corrected chi connectivity index (χ1v) is 8.02. The van der Waals surface area contributed by atoms with Crippen LogP contribution in [-0.2, 0) is 14.4 Å². The molecule has 0 radical (unpaired) electrons. The number of allylic oxidation sites excluding steroid dienone is 1. The molecule has 0 aliphatic carbocycles. The first kappa shape index (κ1) is 17.7. The summed E-state index contributed by atoms with van der Waals surface area (Å²) in [5.41, 5.74) is 0. The van der Waals surface area contributed by atoms with E-state index in [2.05, 4.69) is 6.92 Å². The molecular formula is C16H28N2O3. The van der Waals surface area contributed by atoms with Gasteiger partial charge in [-0.25, -0.2) is 0 Å². The van der Waals surface area contributed by atoms with E-state index in [1.165, 1.54) is 32.6 Å². The zero-order valence-corrected chi connectivity index (χ0v) is 13.3. The fourth-order valence-corrected chi connectivity index (χ4v) is 2.34. The van der Waals surface area contributed by atoms with Gasteiger partial charge in [-0.2, -0.15) is 0 Å². The van der Waals surface area contributed by atoms with Crippen LogP contribution < -0.4 is 0 Å². The quantitative estimate of drug-likeness (QED) is 0.510. The number of amides is 1. The van der Waals surface area contributed by atoms with Gasteiger partial charge in [-0.3, -0.25) is 9.59 Å². The number of hydroxylamine groups is 2. The number of carbonyl (C=O) groups is 2. The third-order valence-electron chi connectivity index (χ3n) is 3.54. The van der Waals surface area contributed by atoms with Gasteiger partial charge in [0.15, 0.2) is 0 Å². The van der Waals surface area contributed by atoms with Crippen LogP contribution in [0.1, 0.15) is 52.4 Å². The predicted octanol–water partition coefficient (Wildman–Crippen LogP) is 2.53. The molecule has 1 fully saturated rings. The molecule has 0 bridgehead atoms. The van der Waals surface area contributed by atoms with Gasteiger partial charge in [0.25, 0.3) is 0 Å². The zero-order chi connectivity index (χ0) is 15.5. The van der Waals surface area contributed by atoms with Crippen molar-refractivity contribution in [3.63, 3.8) is 0 Å². The predicted molar refractivity (Wildman–Crippen MR) is 82.4 cm³/mol. The lowest BCUT2D eigenvalue weighted by molar-refractivity contribution is -0.194. The van der Waals surface area contributed by atoms with E-state index in [-0.39, 0.29) is 11.9 Å². The van der Waals surface area contributed by atoms with E-state index in [0.29, 0.717) is 26.2 Å². The molecule has 5 nitrogen and oxygen atoms in total. The van der Waals surface area contributed by atoms with Crippen molar-refractivity contribution < 1.29 is 14.4 Å². The lowest BCUT2D eigenvalue weighted by Crippen LogP contribution is -2.48. The summed E-state index contributed by atoms with van der Waals surface area (Å²) in [4.78, 5) is 29.6. The molecule has 21 heavy (non-hydrogen) atoms. The Morgan fingerprint density at radius 2 is 1.71 bits per heavy atom. The molecule has 0 atom stereocenters. The Morgan fingerprint density at radius 1 is 1.05 bits per heavy atom. The van der Waals surface area contributed by atoms with E-state index in [0.717, 1.165) is 12.8 Å². The molecule has 0 N–H and O–H groups in total. The summed E-state index contributed by atoms with van der Waals surface area (Å²) >= 11 is 0. The summed E-state index contributed by atoms with van der Waals surface area (Å²) in [6.45, 7) is 5.97. The number of rotatable bonds is 8. The molecule has 0 aromatic rings. The second kappa shape index (κ2) is 10.4. The largest absolute Gasteiger partial charge is 0.368 e. The minimum absolute atomic E-state index is 0.0611. The molecule has 1 aliphatic heterocycles. The van der Waals surface area contributed by atoms with Crippen LogP contribution in [0.4, 0.5) is 0 Å². The number of piperazine rings is 1. The number of hydrogen-bond donors (Lipinski definition) is 0. The van der Waals surface area contributed by atoms with Crippen LogP contribution in [0.25, 0.3) is 0 Å². The van der Waals surface area contributed by atoms with Crippen molar-refractivity contribution in [2.45, 2.75) is 52.4 Å². The van der Waals surface area contributed by atoms with E-state index in [9.17, 15) is 9.59 Å². The summed E-state index contributed by atoms with van der Waals surface area (Å²) in [6, 6.07) is 0. The average Bonchev–Trinajstić information content (AvgIpc) is 2.46. The SMILES string of the molecule is CCCCCCC/C=C/C(=O)N1CCN(OC(C)=O)CC1. The maximum atomic E-state index is 12.0. The van der Waals surface area contributed by atoms with Crippen LogP contribution in [-0.4, -0.2) is 48.0 Å². The first-order chi connectivity index (χ1) is 10.1. The standard InChI is InChI=1S/C16H28N2O3/c1-3-4-5-6-7-8-9-10-16(20)17-11-13-18(14-12-17)21-15(2)19/h9-10H,3-8,11-14H2,1-2H3/b10-9+. The van der Waals surface area contributed by atoms with Crippen LogP contribution in [0.3, 0.4) is 0 Å². The summed E-state index contributed by atoms with van der Waals surface area (Å²) in [6.07, 6.45) is 10.9. The van der Waals surface area contributed by atoms with Crippen LogP contribution >= 0.6 is 0 Å². The highest BCUT2D eigenvalue weighted by molar-refractivity contribution is 5.87. The monoisotopic (exact) mass is 296 g/mol. The van der Waals surface area contributed by atoms with E-state index < -0.39 is 0 Å². The van der Waals surface area contributed by atoms with Crippen LogP contribution in [0.15, 0.2) is 12.2 Å². The number of unbranched alkanes of at least 4 members (excludes halogenated alkanes) is 5. The van der Waals surface area contributed by atoms with Crippen molar-refractivity contribution in [3.05, 3.63) is 12.2 Å². The highest BCUT2D eigenvalue weighted by atomic mass is 16.7. The number of carbonyl (C=O) groups excluding carboxylic acids is 2. The van der Waals surface area contributed by atoms with Crippen molar-refractivity contribution >= 4 is 11.9 Å². The lowest BCUT2D eigenvalue weighted by atomic mass is 10.1. The highest BCUT2D eigenvalue weighted by Crippen LogP contribution is 2.07. The summed E-state index contributed by atoms with van der Waals surface area (Å²) in [5, 5.41) is 1.61. The van der Waals surface area contributed by atoms with Gasteiger partial charge < -0.3 is 9.74 Å². The Hall–Kier alpha value is -1.36. The molecule has 5 heteroatoms. The van der Waals surface area contributed by atoms with Crippen LogP contribution in [0.2, 0.25) is 0 Å². The molecule has 1 heterocycles. The van der Waals surface area contributed by atoms with Crippen LogP contribution in [0, 0.1) is 0 Å².